The molecule has 0 unspecified atom stereocenters. The van der Waals surface area contributed by atoms with E-state index in [0.29, 0.717) is 11.0 Å². The molecule has 0 saturated heterocycles. The van der Waals surface area contributed by atoms with Gasteiger partial charge in [-0.1, -0.05) is 0 Å². The van der Waals surface area contributed by atoms with Crippen molar-refractivity contribution in [3.63, 3.8) is 0 Å². The number of ketones is 1. The summed E-state index contributed by atoms with van der Waals surface area (Å²) in [5.41, 5.74) is 0.975. The third-order valence-corrected chi connectivity index (χ3v) is 3.43. The van der Waals surface area contributed by atoms with Crippen LogP contribution in [0.25, 0.3) is 11.0 Å². The highest BCUT2D eigenvalue weighted by Crippen LogP contribution is 2.31. The van der Waals surface area contributed by atoms with Gasteiger partial charge < -0.3 is 4.57 Å². The van der Waals surface area contributed by atoms with E-state index in [1.807, 2.05) is 0 Å². The van der Waals surface area contributed by atoms with E-state index in [9.17, 15) is 9.18 Å². The Hall–Kier alpha value is -1.23. The zero-order valence-electron chi connectivity index (χ0n) is 8.99. The lowest BCUT2D eigenvalue weighted by Gasteiger charge is -2.03. The Morgan fingerprint density at radius 2 is 2.35 bits per heavy atom. The highest BCUT2D eigenvalue weighted by atomic mass is 79.9. The molecule has 0 atom stereocenters. The first-order valence-corrected chi connectivity index (χ1v) is 6.27. The normalized spacial score (nSPS) is 15.4. The number of fused-ring (bicyclic) bond motifs is 1. The molecule has 0 bridgehead atoms. The largest absolute Gasteiger partial charge is 0.336 e. The van der Waals surface area contributed by atoms with E-state index in [-0.39, 0.29) is 24.1 Å². The first kappa shape index (κ1) is 10.9. The van der Waals surface area contributed by atoms with Crippen LogP contribution in [-0.4, -0.2) is 15.3 Å². The predicted octanol–water partition coefficient (Wildman–Crippen LogP) is 2.92. The minimum atomic E-state index is -0.379. The van der Waals surface area contributed by atoms with Crippen molar-refractivity contribution in [1.82, 2.24) is 9.55 Å². The molecular formula is C12H10BrFN2O. The molecule has 88 valence electrons. The van der Waals surface area contributed by atoms with Crippen molar-refractivity contribution < 1.29 is 9.18 Å². The maximum Gasteiger partial charge on any atom is 0.167 e. The molecule has 1 saturated carbocycles. The van der Waals surface area contributed by atoms with Gasteiger partial charge in [-0.2, -0.15) is 0 Å². The number of carbonyl (C=O) groups is 1. The highest BCUT2D eigenvalue weighted by molar-refractivity contribution is 9.10. The smallest absolute Gasteiger partial charge is 0.167 e. The van der Waals surface area contributed by atoms with Crippen molar-refractivity contribution in [3.8, 4) is 0 Å². The topological polar surface area (TPSA) is 34.9 Å². The maximum atomic E-state index is 13.6. The van der Waals surface area contributed by atoms with Gasteiger partial charge in [0.15, 0.2) is 11.6 Å². The molecular weight excluding hydrogens is 287 g/mol. The number of carbonyl (C=O) groups excluding carboxylic acids is 1. The second kappa shape index (κ2) is 3.91. The van der Waals surface area contributed by atoms with E-state index in [4.69, 9.17) is 0 Å². The Bertz CT molecular complexity index is 604. The molecule has 2 aromatic heterocycles. The monoisotopic (exact) mass is 296 g/mol. The van der Waals surface area contributed by atoms with Gasteiger partial charge in [-0.05, 0) is 34.8 Å². The minimum Gasteiger partial charge on any atom is -0.336 e. The summed E-state index contributed by atoms with van der Waals surface area (Å²) >= 11 is 3.30. The number of rotatable bonds is 3. The van der Waals surface area contributed by atoms with Gasteiger partial charge in [0, 0.05) is 22.8 Å². The van der Waals surface area contributed by atoms with Crippen LogP contribution in [-0.2, 0) is 11.3 Å². The molecule has 0 amide bonds. The quantitative estimate of drug-likeness (QED) is 0.873. The first-order chi connectivity index (χ1) is 8.15. The molecule has 5 heteroatoms. The Morgan fingerprint density at radius 3 is 3.06 bits per heavy atom. The van der Waals surface area contributed by atoms with Gasteiger partial charge in [0.05, 0.1) is 12.1 Å². The van der Waals surface area contributed by atoms with Crippen molar-refractivity contribution >= 4 is 32.7 Å². The van der Waals surface area contributed by atoms with Crippen molar-refractivity contribution in [2.24, 2.45) is 5.92 Å². The van der Waals surface area contributed by atoms with E-state index in [2.05, 4.69) is 20.9 Å². The summed E-state index contributed by atoms with van der Waals surface area (Å²) in [5.74, 6) is -0.00593. The van der Waals surface area contributed by atoms with E-state index in [1.54, 1.807) is 16.8 Å². The van der Waals surface area contributed by atoms with Gasteiger partial charge in [-0.3, -0.25) is 9.78 Å². The van der Waals surface area contributed by atoms with Gasteiger partial charge in [0.25, 0.3) is 0 Å². The van der Waals surface area contributed by atoms with Gasteiger partial charge in [0.2, 0.25) is 0 Å². The van der Waals surface area contributed by atoms with Crippen LogP contribution in [0.15, 0.2) is 22.9 Å². The summed E-state index contributed by atoms with van der Waals surface area (Å²) in [6, 6.07) is 1.78. The fraction of sp³-hybridized carbons (Fsp3) is 0.333. The second-order valence-electron chi connectivity index (χ2n) is 4.37. The lowest BCUT2D eigenvalue weighted by Crippen LogP contribution is -2.10. The summed E-state index contributed by atoms with van der Waals surface area (Å²) in [5, 5.41) is 0. The Labute approximate surface area is 106 Å². The molecule has 2 aromatic rings. The fourth-order valence-electron chi connectivity index (χ4n) is 1.93. The number of aromatic nitrogens is 2. The molecule has 0 aliphatic heterocycles. The molecule has 0 spiro atoms. The predicted molar refractivity (Wildman–Crippen MR) is 65.1 cm³/mol. The van der Waals surface area contributed by atoms with Crippen molar-refractivity contribution in [3.05, 3.63) is 28.7 Å². The minimum absolute atomic E-state index is 0.182. The lowest BCUT2D eigenvalue weighted by atomic mass is 10.2. The van der Waals surface area contributed by atoms with E-state index < -0.39 is 0 Å². The summed E-state index contributed by atoms with van der Waals surface area (Å²) in [7, 11) is 0. The number of hydrogen-bond donors (Lipinski definition) is 0. The van der Waals surface area contributed by atoms with Crippen LogP contribution in [0.2, 0.25) is 0 Å². The van der Waals surface area contributed by atoms with E-state index >= 15 is 0 Å². The number of Topliss-reactive ketones (excluding diaryl/α,β-unsaturated/α-hetero) is 1. The Kier molecular flexibility index (Phi) is 2.50. The van der Waals surface area contributed by atoms with Gasteiger partial charge in [-0.25, -0.2) is 4.39 Å². The van der Waals surface area contributed by atoms with Gasteiger partial charge >= 0.3 is 0 Å². The standard InChI is InChI=1S/C12H10BrFN2O/c13-8-3-10-12(15-4-8)9(14)5-16(10)6-11(17)7-1-2-7/h3-5,7H,1-2,6H2. The number of hydrogen-bond acceptors (Lipinski definition) is 2. The molecule has 17 heavy (non-hydrogen) atoms. The lowest BCUT2D eigenvalue weighted by molar-refractivity contribution is -0.120. The van der Waals surface area contributed by atoms with Crippen LogP contribution in [0.3, 0.4) is 0 Å². The Balaban J connectivity index is 2.02. The third kappa shape index (κ3) is 1.99. The number of halogens is 2. The zero-order chi connectivity index (χ0) is 12.0. The number of pyridine rings is 1. The fourth-order valence-corrected chi connectivity index (χ4v) is 2.25. The van der Waals surface area contributed by atoms with Crippen LogP contribution in [0, 0.1) is 11.7 Å². The molecule has 0 N–H and O–H groups in total. The van der Waals surface area contributed by atoms with Crippen molar-refractivity contribution in [2.75, 3.05) is 0 Å². The number of nitrogens with zero attached hydrogens (tertiary/aromatic N) is 2. The summed E-state index contributed by atoms with van der Waals surface area (Å²) in [4.78, 5) is 15.8. The molecule has 3 rings (SSSR count). The third-order valence-electron chi connectivity index (χ3n) is 3.00. The van der Waals surface area contributed by atoms with Crippen LogP contribution in [0.4, 0.5) is 4.39 Å². The molecule has 2 heterocycles. The van der Waals surface area contributed by atoms with Crippen LogP contribution in [0.1, 0.15) is 12.8 Å². The molecule has 3 nitrogen and oxygen atoms in total. The summed E-state index contributed by atoms with van der Waals surface area (Å²) < 4.78 is 16.0. The summed E-state index contributed by atoms with van der Waals surface area (Å²) in [6.45, 7) is 0.239. The van der Waals surface area contributed by atoms with Crippen LogP contribution < -0.4 is 0 Å². The van der Waals surface area contributed by atoms with Gasteiger partial charge in [-0.15, -0.1) is 0 Å². The maximum absolute atomic E-state index is 13.6. The molecule has 1 fully saturated rings. The molecule has 0 aromatic carbocycles. The van der Waals surface area contributed by atoms with Gasteiger partial charge in [0.1, 0.15) is 5.52 Å². The average molecular weight is 297 g/mol. The molecule has 0 radical (unpaired) electrons. The summed E-state index contributed by atoms with van der Waals surface area (Å²) in [6.07, 6.45) is 4.85. The SMILES string of the molecule is O=C(Cn1cc(F)c2ncc(Br)cc21)C1CC1. The highest BCUT2D eigenvalue weighted by Gasteiger charge is 2.29. The van der Waals surface area contributed by atoms with Crippen molar-refractivity contribution in [1.29, 1.82) is 0 Å². The van der Waals surface area contributed by atoms with Crippen molar-refractivity contribution in [2.45, 2.75) is 19.4 Å². The molecule has 1 aliphatic rings. The molecule has 1 aliphatic carbocycles. The van der Waals surface area contributed by atoms with Crippen LogP contribution in [0.5, 0.6) is 0 Å². The second-order valence-corrected chi connectivity index (χ2v) is 5.28. The van der Waals surface area contributed by atoms with Crippen LogP contribution >= 0.6 is 15.9 Å². The van der Waals surface area contributed by atoms with E-state index in [1.165, 1.54) is 6.20 Å². The Morgan fingerprint density at radius 1 is 1.59 bits per heavy atom. The first-order valence-electron chi connectivity index (χ1n) is 5.48. The average Bonchev–Trinajstić information content (AvgIpc) is 3.07. The van der Waals surface area contributed by atoms with E-state index in [0.717, 1.165) is 17.3 Å². The zero-order valence-corrected chi connectivity index (χ0v) is 10.6.